The van der Waals surface area contributed by atoms with Crippen molar-refractivity contribution >= 4 is 40.5 Å². The fourth-order valence-electron chi connectivity index (χ4n) is 4.06. The van der Waals surface area contributed by atoms with E-state index in [1.165, 1.54) is 0 Å². The van der Waals surface area contributed by atoms with Crippen LogP contribution in [0, 0.1) is 17.2 Å². The Kier molecular flexibility index (Phi) is 6.85. The minimum Gasteiger partial charge on any atom is -0.497 e. The van der Waals surface area contributed by atoms with Gasteiger partial charge >= 0.3 is 0 Å². The van der Waals surface area contributed by atoms with Crippen molar-refractivity contribution in [2.45, 2.75) is 25.3 Å². The van der Waals surface area contributed by atoms with E-state index in [9.17, 15) is 10.1 Å². The zero-order chi connectivity index (χ0) is 22.7. The van der Waals surface area contributed by atoms with Gasteiger partial charge in [0.25, 0.3) is 5.91 Å². The van der Waals surface area contributed by atoms with E-state index >= 15 is 0 Å². The molecule has 7 nitrogen and oxygen atoms in total. The molecule has 1 fully saturated rings. The van der Waals surface area contributed by atoms with Crippen LogP contribution in [0.2, 0.25) is 10.0 Å². The zero-order valence-corrected chi connectivity index (χ0v) is 19.1. The number of hydrazine groups is 1. The van der Waals surface area contributed by atoms with Crippen LogP contribution < -0.4 is 15.2 Å². The monoisotopic (exact) mass is 471 g/mol. The van der Waals surface area contributed by atoms with Crippen molar-refractivity contribution in [3.63, 3.8) is 0 Å². The molecule has 2 aliphatic rings. The molecule has 166 valence electrons. The van der Waals surface area contributed by atoms with Crippen LogP contribution in [-0.4, -0.2) is 36.8 Å². The van der Waals surface area contributed by atoms with Crippen LogP contribution in [0.15, 0.2) is 47.6 Å². The van der Waals surface area contributed by atoms with Gasteiger partial charge in [-0.15, -0.1) is 0 Å². The Hall–Kier alpha value is -2.79. The molecule has 0 radical (unpaired) electrons. The predicted molar refractivity (Wildman–Crippen MR) is 125 cm³/mol. The molecule has 0 aliphatic carbocycles. The maximum Gasteiger partial charge on any atom is 0.283 e. The summed E-state index contributed by atoms with van der Waals surface area (Å²) in [6, 6.07) is 14.2. The van der Waals surface area contributed by atoms with Crippen LogP contribution in [0.4, 0.5) is 5.69 Å². The number of hydrogen-bond donors (Lipinski definition) is 1. The van der Waals surface area contributed by atoms with Crippen LogP contribution >= 0.6 is 23.2 Å². The first-order chi connectivity index (χ1) is 15.5. The highest BCUT2D eigenvalue weighted by atomic mass is 35.5. The average molecular weight is 472 g/mol. The van der Waals surface area contributed by atoms with E-state index in [0.29, 0.717) is 21.5 Å². The second kappa shape index (κ2) is 9.78. The minimum atomic E-state index is -0.792. The first-order valence-corrected chi connectivity index (χ1v) is 11.2. The number of benzene rings is 2. The van der Waals surface area contributed by atoms with Crippen LogP contribution in [0.1, 0.15) is 30.9 Å². The highest BCUT2D eigenvalue weighted by molar-refractivity contribution is 6.41. The van der Waals surface area contributed by atoms with Crippen molar-refractivity contribution < 1.29 is 9.53 Å². The van der Waals surface area contributed by atoms with Crippen LogP contribution in [0.5, 0.6) is 5.75 Å². The SMILES string of the molecule is COc1ccc([C@H]2[C@@H](C#N)C(C(=O)NN3CCCCC3)=NN2c2ccc(Cl)cc2Cl)cc1. The van der Waals surface area contributed by atoms with E-state index in [2.05, 4.69) is 16.6 Å². The smallest absolute Gasteiger partial charge is 0.283 e. The van der Waals surface area contributed by atoms with Crippen LogP contribution in [-0.2, 0) is 4.79 Å². The normalized spacial score (nSPS) is 21.1. The maximum absolute atomic E-state index is 13.1. The first kappa shape index (κ1) is 22.4. The molecule has 9 heteroatoms. The number of halogens is 2. The number of ether oxygens (including phenoxy) is 1. The second-order valence-electron chi connectivity index (χ2n) is 7.74. The highest BCUT2D eigenvalue weighted by Gasteiger charge is 2.43. The number of anilines is 1. The van der Waals surface area contributed by atoms with Crippen molar-refractivity contribution in [3.05, 3.63) is 58.1 Å². The Morgan fingerprint density at radius 1 is 1.16 bits per heavy atom. The molecule has 1 amide bonds. The third-order valence-corrected chi connectivity index (χ3v) is 6.23. The van der Waals surface area contributed by atoms with E-state index in [1.807, 2.05) is 29.3 Å². The van der Waals surface area contributed by atoms with Gasteiger partial charge in [-0.25, -0.2) is 5.01 Å². The van der Waals surface area contributed by atoms with E-state index < -0.39 is 12.0 Å². The zero-order valence-electron chi connectivity index (χ0n) is 17.6. The molecular weight excluding hydrogens is 449 g/mol. The summed E-state index contributed by atoms with van der Waals surface area (Å²) in [6.07, 6.45) is 3.20. The largest absolute Gasteiger partial charge is 0.497 e. The number of nitrogens with zero attached hydrogens (tertiary/aromatic N) is 4. The molecule has 2 heterocycles. The molecule has 2 atom stereocenters. The Balaban J connectivity index is 1.72. The number of rotatable bonds is 5. The number of carbonyl (C=O) groups excluding carboxylic acids is 1. The number of nitrogens with one attached hydrogen (secondary N) is 1. The van der Waals surface area contributed by atoms with E-state index in [-0.39, 0.29) is 11.6 Å². The fourth-order valence-corrected chi connectivity index (χ4v) is 4.56. The average Bonchev–Trinajstić information content (AvgIpc) is 3.19. The van der Waals surface area contributed by atoms with E-state index in [0.717, 1.165) is 37.9 Å². The predicted octanol–water partition coefficient (Wildman–Crippen LogP) is 4.58. The van der Waals surface area contributed by atoms with Gasteiger partial charge in [-0.1, -0.05) is 41.8 Å². The molecule has 1 N–H and O–H groups in total. The van der Waals surface area contributed by atoms with Gasteiger partial charge in [0.05, 0.1) is 29.9 Å². The van der Waals surface area contributed by atoms with Crippen molar-refractivity contribution in [1.82, 2.24) is 10.4 Å². The molecule has 0 aromatic heterocycles. The molecule has 32 heavy (non-hydrogen) atoms. The van der Waals surface area contributed by atoms with Crippen molar-refractivity contribution in [2.75, 3.05) is 25.2 Å². The quantitative estimate of drug-likeness (QED) is 0.690. The van der Waals surface area contributed by atoms with Crippen LogP contribution in [0.3, 0.4) is 0 Å². The molecule has 0 saturated carbocycles. The van der Waals surface area contributed by atoms with Gasteiger partial charge in [0.1, 0.15) is 17.4 Å². The lowest BCUT2D eigenvalue weighted by Crippen LogP contribution is -2.48. The Labute approximate surface area is 197 Å². The van der Waals surface area contributed by atoms with Gasteiger partial charge < -0.3 is 4.74 Å². The van der Waals surface area contributed by atoms with Gasteiger partial charge in [0.2, 0.25) is 0 Å². The Morgan fingerprint density at radius 2 is 1.88 bits per heavy atom. The van der Waals surface area contributed by atoms with Crippen LogP contribution in [0.25, 0.3) is 0 Å². The fraction of sp³-hybridized carbons (Fsp3) is 0.348. The first-order valence-electron chi connectivity index (χ1n) is 10.4. The summed E-state index contributed by atoms with van der Waals surface area (Å²) < 4.78 is 5.26. The third kappa shape index (κ3) is 4.53. The topological polar surface area (TPSA) is 81.0 Å². The molecule has 2 aromatic carbocycles. The summed E-state index contributed by atoms with van der Waals surface area (Å²) in [5, 5.41) is 19.1. The molecule has 0 unspecified atom stereocenters. The summed E-state index contributed by atoms with van der Waals surface area (Å²) >= 11 is 12.6. The third-order valence-electron chi connectivity index (χ3n) is 5.69. The number of amides is 1. The second-order valence-corrected chi connectivity index (χ2v) is 8.58. The van der Waals surface area contributed by atoms with Crippen molar-refractivity contribution in [2.24, 2.45) is 11.0 Å². The van der Waals surface area contributed by atoms with Crippen molar-refractivity contribution in [1.29, 1.82) is 5.26 Å². The lowest BCUT2D eigenvalue weighted by molar-refractivity contribution is -0.119. The number of methoxy groups -OCH3 is 1. The van der Waals surface area contributed by atoms with Gasteiger partial charge in [0.15, 0.2) is 0 Å². The summed E-state index contributed by atoms with van der Waals surface area (Å²) in [4.78, 5) is 13.1. The Bertz CT molecular complexity index is 1060. The Morgan fingerprint density at radius 3 is 2.50 bits per heavy atom. The molecule has 2 aromatic rings. The lowest BCUT2D eigenvalue weighted by atomic mass is 9.90. The molecule has 4 rings (SSSR count). The van der Waals surface area contributed by atoms with E-state index in [4.69, 9.17) is 27.9 Å². The lowest BCUT2D eigenvalue weighted by Gasteiger charge is -2.27. The minimum absolute atomic E-state index is 0.157. The van der Waals surface area contributed by atoms with Gasteiger partial charge in [-0.05, 0) is 48.7 Å². The molecule has 0 bridgehead atoms. The summed E-state index contributed by atoms with van der Waals surface area (Å²) in [5.41, 5.74) is 4.46. The highest BCUT2D eigenvalue weighted by Crippen LogP contribution is 2.42. The van der Waals surface area contributed by atoms with Gasteiger partial charge in [-0.2, -0.15) is 10.4 Å². The van der Waals surface area contributed by atoms with Gasteiger partial charge in [0, 0.05) is 18.1 Å². The molecule has 1 saturated heterocycles. The number of nitriles is 1. The number of hydrogen-bond acceptors (Lipinski definition) is 6. The number of piperidine rings is 1. The summed E-state index contributed by atoms with van der Waals surface area (Å²) in [7, 11) is 1.59. The molecule has 2 aliphatic heterocycles. The summed E-state index contributed by atoms with van der Waals surface area (Å²) in [6.45, 7) is 1.57. The summed E-state index contributed by atoms with van der Waals surface area (Å²) in [5.74, 6) is -0.468. The maximum atomic E-state index is 13.1. The van der Waals surface area contributed by atoms with E-state index in [1.54, 1.807) is 30.3 Å². The standard InChI is InChI=1S/C23H23Cl2N5O2/c1-32-17-8-5-15(6-9-17)22-18(14-26)21(23(31)28-29-11-3-2-4-12-29)27-30(22)20-10-7-16(24)13-19(20)25/h5-10,13,18,22H,2-4,11-12H2,1H3,(H,28,31)/t18-,22-/m0/s1. The number of carbonyl (C=O) groups is 1. The molecular formula is C23H23Cl2N5O2. The van der Waals surface area contributed by atoms with Crippen molar-refractivity contribution in [3.8, 4) is 11.8 Å². The van der Waals surface area contributed by atoms with Gasteiger partial charge in [-0.3, -0.25) is 15.2 Å². The number of hydrazone groups is 1. The molecule has 0 spiro atoms.